The molecule has 0 bridgehead atoms. The number of anilines is 1. The van der Waals surface area contributed by atoms with Gasteiger partial charge in [-0.15, -0.1) is 0 Å². The maximum Gasteiger partial charge on any atom is 0.326 e. The van der Waals surface area contributed by atoms with E-state index in [-0.39, 0.29) is 5.92 Å². The first kappa shape index (κ1) is 13.9. The van der Waals surface area contributed by atoms with Gasteiger partial charge in [-0.25, -0.2) is 4.31 Å². The van der Waals surface area contributed by atoms with Crippen molar-refractivity contribution in [3.63, 3.8) is 0 Å². The largest absolute Gasteiger partial charge is 0.326 e. The molecule has 2 rings (SSSR count). The minimum Gasteiger partial charge on any atom is -0.268 e. The Morgan fingerprint density at radius 2 is 1.79 bits per heavy atom. The van der Waals surface area contributed by atoms with E-state index >= 15 is 0 Å². The molecule has 0 radical (unpaired) electrons. The van der Waals surface area contributed by atoms with E-state index in [4.69, 9.17) is 0 Å². The maximum absolute atomic E-state index is 12.4. The number of benzene rings is 1. The summed E-state index contributed by atoms with van der Waals surface area (Å²) in [5, 5.41) is 0. The van der Waals surface area contributed by atoms with Crippen LogP contribution in [-0.4, -0.2) is 24.7 Å². The lowest BCUT2D eigenvalue weighted by Crippen LogP contribution is -2.48. The van der Waals surface area contributed by atoms with Crippen LogP contribution >= 0.6 is 0 Å². The molecule has 5 nitrogen and oxygen atoms in total. The summed E-state index contributed by atoms with van der Waals surface area (Å²) in [6, 6.07) is 4.84. The third-order valence-corrected chi connectivity index (χ3v) is 4.69. The van der Waals surface area contributed by atoms with Crippen LogP contribution in [0.3, 0.4) is 0 Å². The summed E-state index contributed by atoms with van der Waals surface area (Å²) in [6.45, 7) is 7.40. The highest BCUT2D eigenvalue weighted by Gasteiger charge is 2.37. The topological polar surface area (TPSA) is 66.5 Å². The number of carbonyl (C=O) groups is 1. The predicted molar refractivity (Wildman–Crippen MR) is 74.4 cm³/mol. The maximum atomic E-state index is 12.4. The Kier molecular flexibility index (Phi) is 3.30. The number of rotatable bonds is 2. The highest BCUT2D eigenvalue weighted by atomic mass is 32.2. The number of carbonyl (C=O) groups excluding carboxylic acids is 1. The molecular weight excluding hydrogens is 264 g/mol. The average Bonchev–Trinajstić information content (AvgIpc) is 2.26. The average molecular weight is 282 g/mol. The number of hydrogen-bond donors (Lipinski definition) is 1. The number of nitrogens with zero attached hydrogens (tertiary/aromatic N) is 1. The van der Waals surface area contributed by atoms with Crippen LogP contribution in [0.1, 0.15) is 49.5 Å². The summed E-state index contributed by atoms with van der Waals surface area (Å²) >= 11 is 0. The summed E-state index contributed by atoms with van der Waals surface area (Å²) in [6.07, 6.45) is 0. The Morgan fingerprint density at radius 3 is 2.32 bits per heavy atom. The number of hydrogen-bond acceptors (Lipinski definition) is 3. The summed E-state index contributed by atoms with van der Waals surface area (Å²) in [7, 11) is -3.78. The monoisotopic (exact) mass is 282 g/mol. The zero-order valence-corrected chi connectivity index (χ0v) is 12.3. The van der Waals surface area contributed by atoms with Crippen molar-refractivity contribution in [1.82, 2.24) is 4.31 Å². The van der Waals surface area contributed by atoms with Crippen molar-refractivity contribution < 1.29 is 13.2 Å². The molecular formula is C13H18N2O3S. The fourth-order valence-corrected chi connectivity index (χ4v) is 3.54. The van der Waals surface area contributed by atoms with Crippen LogP contribution in [0.25, 0.3) is 0 Å². The molecule has 1 amide bonds. The van der Waals surface area contributed by atoms with Crippen LogP contribution in [0, 0.1) is 0 Å². The smallest absolute Gasteiger partial charge is 0.268 e. The van der Waals surface area contributed by atoms with Gasteiger partial charge in [-0.3, -0.25) is 9.52 Å². The quantitative estimate of drug-likeness (QED) is 0.905. The van der Waals surface area contributed by atoms with Gasteiger partial charge in [0.1, 0.15) is 0 Å². The summed E-state index contributed by atoms with van der Waals surface area (Å²) in [5.41, 5.74) is 1.78. The Morgan fingerprint density at radius 1 is 1.16 bits per heavy atom. The van der Waals surface area contributed by atoms with Crippen LogP contribution in [0.5, 0.6) is 0 Å². The molecule has 1 N–H and O–H groups in total. The fraction of sp³-hybridized carbons (Fsp3) is 0.462. The van der Waals surface area contributed by atoms with Crippen molar-refractivity contribution >= 4 is 21.8 Å². The summed E-state index contributed by atoms with van der Waals surface area (Å²) in [4.78, 5) is 12.4. The molecule has 0 spiro atoms. The van der Waals surface area contributed by atoms with Gasteiger partial charge in [0, 0.05) is 6.04 Å². The molecule has 0 aromatic heterocycles. The molecule has 0 saturated carbocycles. The van der Waals surface area contributed by atoms with Gasteiger partial charge in [0.15, 0.2) is 0 Å². The van der Waals surface area contributed by atoms with E-state index in [0.29, 0.717) is 11.3 Å². The van der Waals surface area contributed by atoms with E-state index in [2.05, 4.69) is 4.72 Å². The van der Waals surface area contributed by atoms with Crippen LogP contribution < -0.4 is 4.72 Å². The second-order valence-electron chi connectivity index (χ2n) is 5.26. The highest BCUT2D eigenvalue weighted by Crippen LogP contribution is 2.30. The molecule has 0 saturated heterocycles. The lowest BCUT2D eigenvalue weighted by Gasteiger charge is -2.32. The van der Waals surface area contributed by atoms with Gasteiger partial charge >= 0.3 is 10.2 Å². The lowest BCUT2D eigenvalue weighted by molar-refractivity contribution is 0.0834. The SMILES string of the molecule is CC(C)c1ccc2c(c1)C(=O)N(C(C)C)S(=O)(=O)N2. The predicted octanol–water partition coefficient (Wildman–Crippen LogP) is 2.33. The Labute approximate surface area is 113 Å². The molecule has 1 heterocycles. The first-order chi connectivity index (χ1) is 8.74. The summed E-state index contributed by atoms with van der Waals surface area (Å²) < 4.78 is 27.3. The zero-order valence-electron chi connectivity index (χ0n) is 11.5. The molecule has 0 aliphatic carbocycles. The number of fused-ring (bicyclic) bond motifs is 1. The molecule has 19 heavy (non-hydrogen) atoms. The van der Waals surface area contributed by atoms with Crippen LogP contribution in [-0.2, 0) is 10.2 Å². The lowest BCUT2D eigenvalue weighted by atomic mass is 9.99. The van der Waals surface area contributed by atoms with Gasteiger partial charge in [-0.05, 0) is 37.5 Å². The third-order valence-electron chi connectivity index (χ3n) is 3.11. The van der Waals surface area contributed by atoms with Crippen molar-refractivity contribution in [3.05, 3.63) is 29.3 Å². The van der Waals surface area contributed by atoms with Gasteiger partial charge in [0.25, 0.3) is 5.91 Å². The highest BCUT2D eigenvalue weighted by molar-refractivity contribution is 7.91. The van der Waals surface area contributed by atoms with E-state index < -0.39 is 22.2 Å². The Hall–Kier alpha value is -1.56. The molecule has 0 unspecified atom stereocenters. The van der Waals surface area contributed by atoms with Gasteiger partial charge < -0.3 is 0 Å². The molecule has 0 fully saturated rings. The third kappa shape index (κ3) is 2.32. The number of amides is 1. The molecule has 104 valence electrons. The van der Waals surface area contributed by atoms with Gasteiger partial charge in [-0.1, -0.05) is 19.9 Å². The van der Waals surface area contributed by atoms with Crippen molar-refractivity contribution in [2.75, 3.05) is 4.72 Å². The molecule has 1 aromatic rings. The second-order valence-corrected chi connectivity index (χ2v) is 6.81. The van der Waals surface area contributed by atoms with E-state index in [1.165, 1.54) is 0 Å². The van der Waals surface area contributed by atoms with Crippen molar-refractivity contribution in [1.29, 1.82) is 0 Å². The minimum atomic E-state index is -3.78. The van der Waals surface area contributed by atoms with Gasteiger partial charge in [0.2, 0.25) is 0 Å². The van der Waals surface area contributed by atoms with Gasteiger partial charge in [0.05, 0.1) is 11.3 Å². The van der Waals surface area contributed by atoms with Crippen LogP contribution in [0.2, 0.25) is 0 Å². The molecule has 6 heteroatoms. The summed E-state index contributed by atoms with van der Waals surface area (Å²) in [5.74, 6) is -0.185. The molecule has 1 aliphatic rings. The first-order valence-corrected chi connectivity index (χ1v) is 7.68. The molecule has 1 aromatic carbocycles. The van der Waals surface area contributed by atoms with Crippen LogP contribution in [0.15, 0.2) is 18.2 Å². The minimum absolute atomic E-state index is 0.282. The molecule has 0 atom stereocenters. The Balaban J connectivity index is 2.58. The van der Waals surface area contributed by atoms with E-state index in [1.54, 1.807) is 26.0 Å². The second kappa shape index (κ2) is 4.52. The Bertz CT molecular complexity index is 621. The first-order valence-electron chi connectivity index (χ1n) is 6.24. The van der Waals surface area contributed by atoms with Crippen molar-refractivity contribution in [3.8, 4) is 0 Å². The number of nitrogens with one attached hydrogen (secondary N) is 1. The zero-order chi connectivity index (χ0) is 14.4. The van der Waals surface area contributed by atoms with Crippen LogP contribution in [0.4, 0.5) is 5.69 Å². The normalized spacial score (nSPS) is 17.6. The molecule has 1 aliphatic heterocycles. The van der Waals surface area contributed by atoms with E-state index in [9.17, 15) is 13.2 Å². The van der Waals surface area contributed by atoms with Gasteiger partial charge in [-0.2, -0.15) is 8.42 Å². The standard InChI is InChI=1S/C13H18N2O3S/c1-8(2)10-5-6-12-11(7-10)13(16)15(9(3)4)19(17,18)14-12/h5-9,14H,1-4H3. The van der Waals surface area contributed by atoms with E-state index in [1.807, 2.05) is 19.9 Å². The fourth-order valence-electron chi connectivity index (χ4n) is 2.11. The van der Waals surface area contributed by atoms with Crippen molar-refractivity contribution in [2.45, 2.75) is 39.7 Å². The van der Waals surface area contributed by atoms with Crippen molar-refractivity contribution in [2.24, 2.45) is 0 Å². The van der Waals surface area contributed by atoms with E-state index in [0.717, 1.165) is 9.87 Å².